The van der Waals surface area contributed by atoms with Crippen LogP contribution in [-0.2, 0) is 11.3 Å². The molecular weight excluding hydrogens is 296 g/mol. The number of carbonyl (C=O) groups is 1. The minimum atomic E-state index is -0.0412. The lowest BCUT2D eigenvalue weighted by Gasteiger charge is -2.20. The summed E-state index contributed by atoms with van der Waals surface area (Å²) in [5.41, 5.74) is 1.09. The van der Waals surface area contributed by atoms with E-state index >= 15 is 0 Å². The second-order valence-electron chi connectivity index (χ2n) is 4.50. The Bertz CT molecular complexity index is 423. The van der Waals surface area contributed by atoms with Gasteiger partial charge in [-0.2, -0.15) is 0 Å². The molecule has 0 aliphatic carbocycles. The summed E-state index contributed by atoms with van der Waals surface area (Å²) in [4.78, 5) is 13.5. The summed E-state index contributed by atoms with van der Waals surface area (Å²) in [6.07, 6.45) is 0. The molecule has 0 aromatic heterocycles. The van der Waals surface area contributed by atoms with Crippen LogP contribution in [0.1, 0.15) is 12.5 Å². The van der Waals surface area contributed by atoms with Gasteiger partial charge < -0.3 is 15.3 Å². The Kier molecular flexibility index (Phi) is 5.62. The zero-order valence-corrected chi connectivity index (χ0v) is 12.5. The topological polar surface area (TPSA) is 52.6 Å². The second kappa shape index (κ2) is 6.75. The molecule has 5 heteroatoms. The van der Waals surface area contributed by atoms with Gasteiger partial charge in [-0.3, -0.25) is 4.79 Å². The van der Waals surface area contributed by atoms with Crippen LogP contribution in [0.5, 0.6) is 5.75 Å². The molecular formula is C13H19BrN2O2. The molecule has 0 bridgehead atoms. The van der Waals surface area contributed by atoms with Crippen LogP contribution < -0.4 is 5.32 Å². The van der Waals surface area contributed by atoms with Crippen molar-refractivity contribution in [3.63, 3.8) is 0 Å². The van der Waals surface area contributed by atoms with Gasteiger partial charge in [0.25, 0.3) is 0 Å². The van der Waals surface area contributed by atoms with Crippen LogP contribution in [0.3, 0.4) is 0 Å². The van der Waals surface area contributed by atoms with E-state index in [0.717, 1.165) is 12.1 Å². The normalized spacial score (nSPS) is 12.5. The first-order valence-corrected chi connectivity index (χ1v) is 6.61. The summed E-state index contributed by atoms with van der Waals surface area (Å²) in [6.45, 7) is 3.33. The lowest BCUT2D eigenvalue weighted by Crippen LogP contribution is -2.34. The van der Waals surface area contributed by atoms with Gasteiger partial charge in [-0.05, 0) is 40.7 Å². The zero-order valence-electron chi connectivity index (χ0n) is 10.9. The summed E-state index contributed by atoms with van der Waals surface area (Å²) in [7, 11) is 3.62. The third-order valence-electron chi connectivity index (χ3n) is 2.74. The Morgan fingerprint density at radius 3 is 2.78 bits per heavy atom. The van der Waals surface area contributed by atoms with E-state index in [1.807, 2.05) is 26.1 Å². The van der Waals surface area contributed by atoms with Crippen molar-refractivity contribution in [1.29, 1.82) is 0 Å². The fourth-order valence-corrected chi connectivity index (χ4v) is 2.25. The number of benzene rings is 1. The van der Waals surface area contributed by atoms with Crippen LogP contribution in [0.2, 0.25) is 0 Å². The molecule has 100 valence electrons. The highest BCUT2D eigenvalue weighted by Crippen LogP contribution is 2.24. The molecule has 0 radical (unpaired) electrons. The van der Waals surface area contributed by atoms with Crippen molar-refractivity contribution in [2.45, 2.75) is 13.5 Å². The number of hydrogen-bond acceptors (Lipinski definition) is 3. The molecule has 1 unspecified atom stereocenters. The first kappa shape index (κ1) is 15.0. The number of aromatic hydroxyl groups is 1. The highest BCUT2D eigenvalue weighted by atomic mass is 79.9. The quantitative estimate of drug-likeness (QED) is 0.873. The van der Waals surface area contributed by atoms with Crippen LogP contribution in [0, 0.1) is 5.92 Å². The Hall–Kier alpha value is -1.07. The van der Waals surface area contributed by atoms with Gasteiger partial charge in [-0.1, -0.05) is 13.0 Å². The van der Waals surface area contributed by atoms with E-state index in [1.165, 1.54) is 0 Å². The average molecular weight is 315 g/mol. The molecule has 0 spiro atoms. The maximum atomic E-state index is 11.4. The molecule has 18 heavy (non-hydrogen) atoms. The molecule has 0 aliphatic rings. The summed E-state index contributed by atoms with van der Waals surface area (Å²) >= 11 is 3.29. The zero-order chi connectivity index (χ0) is 13.7. The van der Waals surface area contributed by atoms with E-state index in [9.17, 15) is 9.90 Å². The molecule has 1 amide bonds. The van der Waals surface area contributed by atoms with Crippen molar-refractivity contribution in [2.24, 2.45) is 5.92 Å². The van der Waals surface area contributed by atoms with E-state index in [4.69, 9.17) is 0 Å². The molecule has 0 saturated heterocycles. The molecule has 1 rings (SSSR count). The number of halogens is 1. The summed E-state index contributed by atoms with van der Waals surface area (Å²) in [6, 6.07) is 5.42. The van der Waals surface area contributed by atoms with Crippen molar-refractivity contribution < 1.29 is 9.90 Å². The molecule has 1 aromatic carbocycles. The van der Waals surface area contributed by atoms with Gasteiger partial charge in [0.05, 0.1) is 4.47 Å². The Morgan fingerprint density at radius 2 is 2.22 bits per heavy atom. The lowest BCUT2D eigenvalue weighted by atomic mass is 10.1. The van der Waals surface area contributed by atoms with E-state index in [-0.39, 0.29) is 17.6 Å². The smallest absolute Gasteiger partial charge is 0.223 e. The number of phenols is 1. The second-order valence-corrected chi connectivity index (χ2v) is 5.35. The molecule has 0 heterocycles. The third-order valence-corrected chi connectivity index (χ3v) is 3.38. The van der Waals surface area contributed by atoms with Gasteiger partial charge in [0.2, 0.25) is 5.91 Å². The highest BCUT2D eigenvalue weighted by molar-refractivity contribution is 9.10. The van der Waals surface area contributed by atoms with Crippen molar-refractivity contribution in [3.8, 4) is 5.75 Å². The number of nitrogens with zero attached hydrogens (tertiary/aromatic N) is 1. The van der Waals surface area contributed by atoms with Crippen LogP contribution in [-0.4, -0.2) is 36.6 Å². The van der Waals surface area contributed by atoms with Crippen LogP contribution >= 0.6 is 15.9 Å². The standard InChI is InChI=1S/C13H19BrN2O2/c1-9(13(18)15-2)7-16(3)8-10-4-5-12(17)11(14)6-10/h4-6,9,17H,7-8H2,1-3H3,(H,15,18). The Morgan fingerprint density at radius 1 is 1.56 bits per heavy atom. The monoisotopic (exact) mass is 314 g/mol. The van der Waals surface area contributed by atoms with E-state index in [1.54, 1.807) is 13.1 Å². The molecule has 4 nitrogen and oxygen atoms in total. The van der Waals surface area contributed by atoms with Gasteiger partial charge in [0.15, 0.2) is 0 Å². The van der Waals surface area contributed by atoms with Gasteiger partial charge in [-0.15, -0.1) is 0 Å². The average Bonchev–Trinajstić information content (AvgIpc) is 2.32. The number of carbonyl (C=O) groups excluding carboxylic acids is 1. The minimum absolute atomic E-state index is 0.0412. The number of nitrogens with one attached hydrogen (secondary N) is 1. The summed E-state index contributed by atoms with van der Waals surface area (Å²) < 4.78 is 0.688. The van der Waals surface area contributed by atoms with Crippen LogP contribution in [0.15, 0.2) is 22.7 Å². The van der Waals surface area contributed by atoms with E-state index in [2.05, 4.69) is 26.1 Å². The number of phenolic OH excluding ortho intramolecular Hbond substituents is 1. The lowest BCUT2D eigenvalue weighted by molar-refractivity contribution is -0.124. The Labute approximate surface area is 116 Å². The van der Waals surface area contributed by atoms with Gasteiger partial charge >= 0.3 is 0 Å². The fraction of sp³-hybridized carbons (Fsp3) is 0.462. The summed E-state index contributed by atoms with van der Waals surface area (Å²) in [5, 5.41) is 12.1. The molecule has 1 atom stereocenters. The largest absolute Gasteiger partial charge is 0.507 e. The predicted molar refractivity (Wildman–Crippen MR) is 75.4 cm³/mol. The predicted octanol–water partition coefficient (Wildman–Crippen LogP) is 1.97. The van der Waals surface area contributed by atoms with Crippen LogP contribution in [0.25, 0.3) is 0 Å². The fourth-order valence-electron chi connectivity index (χ4n) is 1.82. The van der Waals surface area contributed by atoms with Crippen molar-refractivity contribution >= 4 is 21.8 Å². The van der Waals surface area contributed by atoms with Gasteiger partial charge in [-0.25, -0.2) is 0 Å². The van der Waals surface area contributed by atoms with Crippen molar-refractivity contribution in [3.05, 3.63) is 28.2 Å². The molecule has 0 saturated carbocycles. The van der Waals surface area contributed by atoms with Crippen LogP contribution in [0.4, 0.5) is 0 Å². The highest BCUT2D eigenvalue weighted by Gasteiger charge is 2.13. The van der Waals surface area contributed by atoms with Gasteiger partial charge in [0.1, 0.15) is 5.75 Å². The minimum Gasteiger partial charge on any atom is -0.507 e. The Balaban J connectivity index is 2.56. The maximum Gasteiger partial charge on any atom is 0.223 e. The first-order chi connectivity index (χ1) is 8.43. The van der Waals surface area contributed by atoms with E-state index < -0.39 is 0 Å². The summed E-state index contributed by atoms with van der Waals surface area (Å²) in [5.74, 6) is 0.245. The van der Waals surface area contributed by atoms with Crippen molar-refractivity contribution in [2.75, 3.05) is 20.6 Å². The third kappa shape index (κ3) is 4.31. The van der Waals surface area contributed by atoms with Gasteiger partial charge in [0, 0.05) is 26.1 Å². The SMILES string of the molecule is CNC(=O)C(C)CN(C)Cc1ccc(O)c(Br)c1. The molecule has 1 aromatic rings. The first-order valence-electron chi connectivity index (χ1n) is 5.81. The molecule has 0 fully saturated rings. The number of rotatable bonds is 5. The molecule has 0 aliphatic heterocycles. The number of amides is 1. The van der Waals surface area contributed by atoms with Crippen molar-refractivity contribution in [1.82, 2.24) is 10.2 Å². The van der Waals surface area contributed by atoms with E-state index in [0.29, 0.717) is 11.0 Å². The number of hydrogen-bond donors (Lipinski definition) is 2. The molecule has 2 N–H and O–H groups in total. The maximum absolute atomic E-state index is 11.4.